The molecule has 1 atom stereocenters. The van der Waals surface area contributed by atoms with Crippen LogP contribution in [0.3, 0.4) is 0 Å². The summed E-state index contributed by atoms with van der Waals surface area (Å²) in [6.45, 7) is 1.54. The molecule has 1 aromatic carbocycles. The fraction of sp³-hybridized carbons (Fsp3) is 0.571. The van der Waals surface area contributed by atoms with Crippen molar-refractivity contribution in [3.8, 4) is 5.75 Å². The van der Waals surface area contributed by atoms with Crippen LogP contribution in [0.25, 0.3) is 0 Å². The summed E-state index contributed by atoms with van der Waals surface area (Å²) in [4.78, 5) is 2.52. The average molecular weight is 232 g/mol. The molecule has 3 rings (SSSR count). The maximum atomic E-state index is 5.90. The van der Waals surface area contributed by atoms with Gasteiger partial charge in [-0.3, -0.25) is 0 Å². The van der Waals surface area contributed by atoms with E-state index in [1.54, 1.807) is 0 Å². The van der Waals surface area contributed by atoms with E-state index in [9.17, 15) is 0 Å². The molecule has 3 heteroatoms. The second-order valence-electron chi connectivity index (χ2n) is 5.03. The average Bonchev–Trinajstić information content (AvgIpc) is 2.91. The van der Waals surface area contributed by atoms with Gasteiger partial charge in [0.05, 0.1) is 12.2 Å². The van der Waals surface area contributed by atoms with Gasteiger partial charge in [-0.2, -0.15) is 0 Å². The molecule has 0 aromatic heterocycles. The van der Waals surface area contributed by atoms with Crippen LogP contribution in [0, 0.1) is 0 Å². The number of anilines is 1. The standard InChI is InChI=1S/C14H20N2O/c15-9-12-10-16(11-5-1-2-6-11)13-7-3-4-8-14(13)17-12/h3-4,7-8,11-12H,1-2,5-6,9-10,15H2. The van der Waals surface area contributed by atoms with Crippen molar-refractivity contribution in [1.29, 1.82) is 0 Å². The second kappa shape index (κ2) is 4.57. The first-order chi connectivity index (χ1) is 8.38. The maximum Gasteiger partial charge on any atom is 0.143 e. The summed E-state index contributed by atoms with van der Waals surface area (Å²) in [5.41, 5.74) is 7.02. The molecule has 0 spiro atoms. The number of nitrogens with zero attached hydrogens (tertiary/aromatic N) is 1. The van der Waals surface area contributed by atoms with Crippen LogP contribution in [-0.4, -0.2) is 25.2 Å². The Kier molecular flexibility index (Phi) is 2.93. The molecule has 1 fully saturated rings. The summed E-state index contributed by atoms with van der Waals surface area (Å²) >= 11 is 0. The zero-order chi connectivity index (χ0) is 11.7. The smallest absolute Gasteiger partial charge is 0.143 e. The maximum absolute atomic E-state index is 5.90. The van der Waals surface area contributed by atoms with E-state index in [1.165, 1.54) is 31.4 Å². The fourth-order valence-corrected chi connectivity index (χ4v) is 3.01. The molecule has 0 amide bonds. The van der Waals surface area contributed by atoms with Gasteiger partial charge in [-0.15, -0.1) is 0 Å². The molecule has 1 aliphatic heterocycles. The van der Waals surface area contributed by atoms with Gasteiger partial charge in [0.2, 0.25) is 0 Å². The van der Waals surface area contributed by atoms with E-state index in [2.05, 4.69) is 23.1 Å². The van der Waals surface area contributed by atoms with Gasteiger partial charge in [-0.05, 0) is 25.0 Å². The zero-order valence-electron chi connectivity index (χ0n) is 10.1. The van der Waals surface area contributed by atoms with E-state index in [0.29, 0.717) is 12.6 Å². The molecule has 1 heterocycles. The molecule has 2 N–H and O–H groups in total. The van der Waals surface area contributed by atoms with Gasteiger partial charge in [0.15, 0.2) is 0 Å². The highest BCUT2D eigenvalue weighted by Gasteiger charge is 2.30. The Morgan fingerprint density at radius 3 is 2.76 bits per heavy atom. The van der Waals surface area contributed by atoms with Crippen LogP contribution in [0.4, 0.5) is 5.69 Å². The van der Waals surface area contributed by atoms with Crippen LogP contribution in [0.2, 0.25) is 0 Å². The van der Waals surface area contributed by atoms with Gasteiger partial charge >= 0.3 is 0 Å². The largest absolute Gasteiger partial charge is 0.485 e. The number of para-hydroxylation sites is 2. The van der Waals surface area contributed by atoms with Crippen LogP contribution < -0.4 is 15.4 Å². The van der Waals surface area contributed by atoms with Gasteiger partial charge in [0.1, 0.15) is 11.9 Å². The molecule has 1 aliphatic carbocycles. The molecule has 1 unspecified atom stereocenters. The topological polar surface area (TPSA) is 38.5 Å². The van der Waals surface area contributed by atoms with Crippen molar-refractivity contribution < 1.29 is 4.74 Å². The lowest BCUT2D eigenvalue weighted by atomic mass is 10.1. The summed E-state index contributed by atoms with van der Waals surface area (Å²) in [7, 11) is 0. The number of benzene rings is 1. The number of hydrogen-bond acceptors (Lipinski definition) is 3. The Morgan fingerprint density at radius 2 is 2.00 bits per heavy atom. The SMILES string of the molecule is NCC1CN(C2CCCC2)c2ccccc2O1. The molecule has 1 aromatic rings. The third-order valence-corrected chi connectivity index (χ3v) is 3.90. The molecule has 1 saturated carbocycles. The molecule has 0 radical (unpaired) electrons. The van der Waals surface area contributed by atoms with Gasteiger partial charge in [0, 0.05) is 12.6 Å². The minimum absolute atomic E-state index is 0.144. The van der Waals surface area contributed by atoms with E-state index in [4.69, 9.17) is 10.5 Å². The number of fused-ring (bicyclic) bond motifs is 1. The summed E-state index contributed by atoms with van der Waals surface area (Å²) < 4.78 is 5.90. The molecular formula is C14H20N2O. The van der Waals surface area contributed by atoms with Crippen LogP contribution in [0.5, 0.6) is 5.75 Å². The number of nitrogens with two attached hydrogens (primary N) is 1. The lowest BCUT2D eigenvalue weighted by Crippen LogP contribution is -2.47. The van der Waals surface area contributed by atoms with Gasteiger partial charge in [0.25, 0.3) is 0 Å². The van der Waals surface area contributed by atoms with Crippen LogP contribution >= 0.6 is 0 Å². The van der Waals surface area contributed by atoms with Crippen LogP contribution in [0.15, 0.2) is 24.3 Å². The monoisotopic (exact) mass is 232 g/mol. The van der Waals surface area contributed by atoms with E-state index in [1.807, 2.05) is 6.07 Å². The quantitative estimate of drug-likeness (QED) is 0.849. The molecular weight excluding hydrogens is 212 g/mol. The van der Waals surface area contributed by atoms with Crippen molar-refractivity contribution in [2.45, 2.75) is 37.8 Å². The summed E-state index contributed by atoms with van der Waals surface area (Å²) in [6.07, 6.45) is 5.48. The minimum Gasteiger partial charge on any atom is -0.485 e. The van der Waals surface area contributed by atoms with Crippen molar-refractivity contribution in [2.75, 3.05) is 18.0 Å². The molecule has 17 heavy (non-hydrogen) atoms. The second-order valence-corrected chi connectivity index (χ2v) is 5.03. The first kappa shape index (κ1) is 10.9. The van der Waals surface area contributed by atoms with E-state index >= 15 is 0 Å². The third-order valence-electron chi connectivity index (χ3n) is 3.90. The molecule has 92 valence electrons. The van der Waals surface area contributed by atoms with Crippen LogP contribution in [-0.2, 0) is 0 Å². The van der Waals surface area contributed by atoms with Gasteiger partial charge in [-0.25, -0.2) is 0 Å². The van der Waals surface area contributed by atoms with Crippen molar-refractivity contribution >= 4 is 5.69 Å². The lowest BCUT2D eigenvalue weighted by molar-refractivity contribution is 0.196. The van der Waals surface area contributed by atoms with E-state index in [-0.39, 0.29) is 6.10 Å². The van der Waals surface area contributed by atoms with E-state index in [0.717, 1.165) is 12.3 Å². The van der Waals surface area contributed by atoms with Crippen LogP contribution in [0.1, 0.15) is 25.7 Å². The first-order valence-electron chi connectivity index (χ1n) is 6.61. The highest BCUT2D eigenvalue weighted by atomic mass is 16.5. The Balaban J connectivity index is 1.91. The molecule has 3 nitrogen and oxygen atoms in total. The van der Waals surface area contributed by atoms with Crippen molar-refractivity contribution in [1.82, 2.24) is 0 Å². The van der Waals surface area contributed by atoms with Gasteiger partial charge in [-0.1, -0.05) is 25.0 Å². The Hall–Kier alpha value is -1.22. The summed E-state index contributed by atoms with van der Waals surface area (Å²) in [6, 6.07) is 9.03. The van der Waals surface area contributed by atoms with E-state index < -0.39 is 0 Å². The van der Waals surface area contributed by atoms with Crippen molar-refractivity contribution in [3.05, 3.63) is 24.3 Å². The zero-order valence-corrected chi connectivity index (χ0v) is 10.1. The number of hydrogen-bond donors (Lipinski definition) is 1. The highest BCUT2D eigenvalue weighted by Crippen LogP contribution is 2.37. The Morgan fingerprint density at radius 1 is 1.24 bits per heavy atom. The molecule has 0 saturated heterocycles. The normalized spacial score (nSPS) is 24.5. The molecule has 0 bridgehead atoms. The number of rotatable bonds is 2. The number of ether oxygens (including phenoxy) is 1. The fourth-order valence-electron chi connectivity index (χ4n) is 3.01. The molecule has 2 aliphatic rings. The Bertz CT molecular complexity index is 388. The predicted molar refractivity (Wildman–Crippen MR) is 69.5 cm³/mol. The summed E-state index contributed by atoms with van der Waals surface area (Å²) in [5.74, 6) is 1.00. The first-order valence-corrected chi connectivity index (χ1v) is 6.61. The predicted octanol–water partition coefficient (Wildman–Crippen LogP) is 2.16. The minimum atomic E-state index is 0.144. The summed E-state index contributed by atoms with van der Waals surface area (Å²) in [5, 5.41) is 0. The Labute approximate surface area is 103 Å². The van der Waals surface area contributed by atoms with Gasteiger partial charge < -0.3 is 15.4 Å². The lowest BCUT2D eigenvalue weighted by Gasteiger charge is -2.39. The van der Waals surface area contributed by atoms with Crippen molar-refractivity contribution in [2.24, 2.45) is 5.73 Å². The highest BCUT2D eigenvalue weighted by molar-refractivity contribution is 5.60. The third kappa shape index (κ3) is 2.00. The van der Waals surface area contributed by atoms with Crippen molar-refractivity contribution in [3.63, 3.8) is 0 Å².